The molecule has 7 nitrogen and oxygen atoms in total. The third-order valence-electron chi connectivity index (χ3n) is 3.41. The molecule has 0 saturated heterocycles. The van der Waals surface area contributed by atoms with Gasteiger partial charge in [0.2, 0.25) is 11.8 Å². The number of halogens is 1. The molecule has 0 aliphatic heterocycles. The number of carboxylic acids is 1. The maximum Gasteiger partial charge on any atom is 0.333 e. The SMILES string of the molecule is CNC(=O)C(NC(=O)[C@H](CC(C)C)[C@H](OC)C(=O)O)C(C)(C)F. The van der Waals surface area contributed by atoms with Gasteiger partial charge in [0.1, 0.15) is 11.7 Å². The van der Waals surface area contributed by atoms with Crippen LogP contribution < -0.4 is 10.6 Å². The lowest BCUT2D eigenvalue weighted by Gasteiger charge is -2.30. The topological polar surface area (TPSA) is 105 Å². The van der Waals surface area contributed by atoms with Crippen LogP contribution in [0.2, 0.25) is 0 Å². The van der Waals surface area contributed by atoms with E-state index >= 15 is 0 Å². The maximum absolute atomic E-state index is 14.2. The predicted octanol–water partition coefficient (Wildman–Crippen LogP) is 0.727. The zero-order chi connectivity index (χ0) is 18.4. The van der Waals surface area contributed by atoms with Crippen LogP contribution in [-0.4, -0.2) is 54.9 Å². The van der Waals surface area contributed by atoms with E-state index in [2.05, 4.69) is 10.6 Å². The van der Waals surface area contributed by atoms with Gasteiger partial charge in [0, 0.05) is 14.2 Å². The van der Waals surface area contributed by atoms with Crippen LogP contribution in [0.4, 0.5) is 4.39 Å². The summed E-state index contributed by atoms with van der Waals surface area (Å²) in [4.78, 5) is 35.5. The molecule has 1 unspecified atom stereocenters. The molecule has 0 aromatic rings. The van der Waals surface area contributed by atoms with E-state index in [1.807, 2.05) is 13.8 Å². The first kappa shape index (κ1) is 21.3. The molecule has 0 rings (SSSR count). The Morgan fingerprint density at radius 3 is 2.04 bits per heavy atom. The number of carbonyl (C=O) groups is 3. The standard InChI is InChI=1S/C15H27FN2O5/c1-8(2)7-9(10(23-6)14(21)22)12(19)18-11(13(20)17-5)15(3,4)16/h8-11H,7H2,1-6H3,(H,17,20)(H,18,19)(H,21,22)/t9-,10+,11?/m1/s1. The smallest absolute Gasteiger partial charge is 0.333 e. The Kier molecular flexibility index (Phi) is 8.16. The molecule has 0 saturated carbocycles. The van der Waals surface area contributed by atoms with Gasteiger partial charge in [-0.25, -0.2) is 9.18 Å². The number of hydrogen-bond donors (Lipinski definition) is 3. The minimum absolute atomic E-state index is 0.0135. The van der Waals surface area contributed by atoms with Crippen molar-refractivity contribution in [3.8, 4) is 0 Å². The molecule has 0 aromatic carbocycles. The molecule has 0 radical (unpaired) electrons. The Bertz CT molecular complexity index is 434. The van der Waals surface area contributed by atoms with Crippen molar-refractivity contribution in [1.82, 2.24) is 10.6 Å². The van der Waals surface area contributed by atoms with Crippen LogP contribution in [0, 0.1) is 11.8 Å². The number of likely N-dealkylation sites (N-methyl/N-ethyl adjacent to an activating group) is 1. The Morgan fingerprint density at radius 1 is 1.22 bits per heavy atom. The molecule has 23 heavy (non-hydrogen) atoms. The van der Waals surface area contributed by atoms with Crippen LogP contribution in [0.5, 0.6) is 0 Å². The van der Waals surface area contributed by atoms with Gasteiger partial charge in [-0.2, -0.15) is 0 Å². The third-order valence-corrected chi connectivity index (χ3v) is 3.41. The van der Waals surface area contributed by atoms with E-state index in [9.17, 15) is 23.9 Å². The van der Waals surface area contributed by atoms with Gasteiger partial charge in [-0.05, 0) is 26.2 Å². The summed E-state index contributed by atoms with van der Waals surface area (Å²) in [6.45, 7) is 5.97. The second-order valence-electron chi connectivity index (χ2n) is 6.35. The Labute approximate surface area is 136 Å². The lowest BCUT2D eigenvalue weighted by atomic mass is 9.90. The predicted molar refractivity (Wildman–Crippen MR) is 82.6 cm³/mol. The summed E-state index contributed by atoms with van der Waals surface area (Å²) < 4.78 is 19.1. The van der Waals surface area contributed by atoms with Gasteiger partial charge >= 0.3 is 5.97 Å². The van der Waals surface area contributed by atoms with E-state index < -0.39 is 41.5 Å². The van der Waals surface area contributed by atoms with Crippen LogP contribution in [0.15, 0.2) is 0 Å². The van der Waals surface area contributed by atoms with Gasteiger partial charge in [-0.3, -0.25) is 9.59 Å². The van der Waals surface area contributed by atoms with E-state index in [4.69, 9.17) is 4.74 Å². The van der Waals surface area contributed by atoms with Crippen LogP contribution in [-0.2, 0) is 19.1 Å². The van der Waals surface area contributed by atoms with Crippen molar-refractivity contribution in [1.29, 1.82) is 0 Å². The zero-order valence-electron chi connectivity index (χ0n) is 14.5. The monoisotopic (exact) mass is 334 g/mol. The van der Waals surface area contributed by atoms with Crippen molar-refractivity contribution in [3.63, 3.8) is 0 Å². The molecule has 0 aromatic heterocycles. The fourth-order valence-electron chi connectivity index (χ4n) is 2.26. The zero-order valence-corrected chi connectivity index (χ0v) is 14.5. The lowest BCUT2D eigenvalue weighted by molar-refractivity contribution is -0.157. The lowest BCUT2D eigenvalue weighted by Crippen LogP contribution is -2.58. The van der Waals surface area contributed by atoms with Crippen LogP contribution in [0.3, 0.4) is 0 Å². The number of amides is 2. The van der Waals surface area contributed by atoms with Gasteiger partial charge in [-0.1, -0.05) is 13.8 Å². The summed E-state index contributed by atoms with van der Waals surface area (Å²) in [5.74, 6) is -3.73. The summed E-state index contributed by atoms with van der Waals surface area (Å²) in [7, 11) is 2.52. The molecule has 0 fully saturated rings. The highest BCUT2D eigenvalue weighted by atomic mass is 19.1. The van der Waals surface area contributed by atoms with Crippen molar-refractivity contribution in [3.05, 3.63) is 0 Å². The van der Waals surface area contributed by atoms with Gasteiger partial charge in [0.05, 0.1) is 5.92 Å². The highest BCUT2D eigenvalue weighted by Gasteiger charge is 2.40. The second-order valence-corrected chi connectivity index (χ2v) is 6.35. The molecule has 2 amide bonds. The van der Waals surface area contributed by atoms with Crippen LogP contribution >= 0.6 is 0 Å². The van der Waals surface area contributed by atoms with Crippen LogP contribution in [0.25, 0.3) is 0 Å². The van der Waals surface area contributed by atoms with E-state index in [0.717, 1.165) is 13.8 Å². The Balaban J connectivity index is 5.42. The number of alkyl halides is 1. The summed E-state index contributed by atoms with van der Waals surface area (Å²) >= 11 is 0. The van der Waals surface area contributed by atoms with Crippen molar-refractivity contribution in [2.24, 2.45) is 11.8 Å². The summed E-state index contributed by atoms with van der Waals surface area (Å²) in [5.41, 5.74) is -2.01. The van der Waals surface area contributed by atoms with Crippen molar-refractivity contribution >= 4 is 17.8 Å². The molecule has 0 aliphatic carbocycles. The van der Waals surface area contributed by atoms with E-state index in [0.29, 0.717) is 0 Å². The molecule has 3 N–H and O–H groups in total. The summed E-state index contributed by atoms with van der Waals surface area (Å²) in [5, 5.41) is 13.8. The first-order valence-corrected chi connectivity index (χ1v) is 7.42. The number of hydrogen-bond acceptors (Lipinski definition) is 4. The number of rotatable bonds is 9. The number of carbonyl (C=O) groups excluding carboxylic acids is 2. The third kappa shape index (κ3) is 6.52. The number of carboxylic acid groups (broad SMARTS) is 1. The first-order valence-electron chi connectivity index (χ1n) is 7.42. The van der Waals surface area contributed by atoms with Gasteiger partial charge in [0.15, 0.2) is 6.10 Å². The molecule has 134 valence electrons. The Hall–Kier alpha value is -1.70. The van der Waals surface area contributed by atoms with Gasteiger partial charge < -0.3 is 20.5 Å². The van der Waals surface area contributed by atoms with Crippen molar-refractivity contribution in [2.75, 3.05) is 14.2 Å². The van der Waals surface area contributed by atoms with E-state index in [-0.39, 0.29) is 12.3 Å². The molecular weight excluding hydrogens is 307 g/mol. The number of nitrogens with one attached hydrogen (secondary N) is 2. The normalized spacial score (nSPS) is 15.7. The quantitative estimate of drug-likeness (QED) is 0.576. The fraction of sp³-hybridized carbons (Fsp3) is 0.800. The summed E-state index contributed by atoms with van der Waals surface area (Å²) in [6.07, 6.45) is -1.14. The second kappa shape index (κ2) is 8.81. The minimum atomic E-state index is -2.01. The summed E-state index contributed by atoms with van der Waals surface area (Å²) in [6, 6.07) is -1.43. The van der Waals surface area contributed by atoms with Crippen LogP contribution in [0.1, 0.15) is 34.1 Å². The molecule has 0 aliphatic rings. The molecule has 3 atom stereocenters. The van der Waals surface area contributed by atoms with Crippen molar-refractivity contribution in [2.45, 2.75) is 51.9 Å². The van der Waals surface area contributed by atoms with E-state index in [1.54, 1.807) is 0 Å². The average Bonchev–Trinajstić information content (AvgIpc) is 2.41. The molecule has 8 heteroatoms. The highest BCUT2D eigenvalue weighted by molar-refractivity contribution is 5.91. The average molecular weight is 334 g/mol. The number of methoxy groups -OCH3 is 1. The Morgan fingerprint density at radius 2 is 1.74 bits per heavy atom. The number of aliphatic carboxylic acids is 1. The van der Waals surface area contributed by atoms with Crippen molar-refractivity contribution < 1.29 is 28.6 Å². The maximum atomic E-state index is 14.2. The highest BCUT2D eigenvalue weighted by Crippen LogP contribution is 2.21. The van der Waals surface area contributed by atoms with E-state index in [1.165, 1.54) is 14.2 Å². The molecule has 0 bridgehead atoms. The fourth-order valence-corrected chi connectivity index (χ4v) is 2.26. The number of ether oxygens (including phenoxy) is 1. The first-order chi connectivity index (χ1) is 10.4. The molecular formula is C15H27FN2O5. The van der Waals surface area contributed by atoms with Gasteiger partial charge in [-0.15, -0.1) is 0 Å². The van der Waals surface area contributed by atoms with Gasteiger partial charge in [0.25, 0.3) is 0 Å². The molecule has 0 spiro atoms. The minimum Gasteiger partial charge on any atom is -0.479 e. The largest absolute Gasteiger partial charge is 0.479 e. The molecule has 0 heterocycles.